The zero-order chi connectivity index (χ0) is 21.1. The minimum atomic E-state index is 0.488. The van der Waals surface area contributed by atoms with Crippen molar-refractivity contribution in [1.29, 1.82) is 0 Å². The fraction of sp³-hybridized carbons (Fsp3) is 0.409. The molecule has 6 nitrogen and oxygen atoms in total. The van der Waals surface area contributed by atoms with E-state index >= 15 is 0 Å². The Labute approximate surface area is 169 Å². The van der Waals surface area contributed by atoms with Crippen LogP contribution in [0.25, 0.3) is 0 Å². The summed E-state index contributed by atoms with van der Waals surface area (Å²) in [4.78, 5) is 6.42. The van der Waals surface area contributed by atoms with Crippen LogP contribution in [-0.2, 0) is 11.3 Å². The molecule has 0 aliphatic carbocycles. The molecule has 5 N–H and O–H groups in total. The Balaban J connectivity index is 2.34. The van der Waals surface area contributed by atoms with E-state index in [-0.39, 0.29) is 0 Å². The first-order valence-electron chi connectivity index (χ1n) is 9.49. The van der Waals surface area contributed by atoms with Crippen LogP contribution in [0.2, 0.25) is 0 Å². The second kappa shape index (κ2) is 11.7. The van der Waals surface area contributed by atoms with Crippen molar-refractivity contribution in [3.05, 3.63) is 71.5 Å². The van der Waals surface area contributed by atoms with E-state index in [4.69, 9.17) is 16.2 Å². The maximum Gasteiger partial charge on any atom is 0.179 e. The van der Waals surface area contributed by atoms with Gasteiger partial charge in [-0.2, -0.15) is 0 Å². The molecule has 0 aromatic heterocycles. The van der Waals surface area contributed by atoms with Crippen LogP contribution in [0.3, 0.4) is 0 Å². The van der Waals surface area contributed by atoms with Crippen molar-refractivity contribution < 1.29 is 4.74 Å². The first kappa shape index (κ1) is 23.1. The first-order valence-corrected chi connectivity index (χ1v) is 9.49. The summed E-state index contributed by atoms with van der Waals surface area (Å²) in [7, 11) is 1.97. The number of ether oxygens (including phenoxy) is 1. The number of aliphatic imine (C=N–C) groups is 1. The Morgan fingerprint density at radius 3 is 2.36 bits per heavy atom. The molecule has 0 heterocycles. The van der Waals surface area contributed by atoms with Crippen molar-refractivity contribution >= 4 is 5.84 Å². The molecule has 0 saturated carbocycles. The molecule has 1 aromatic carbocycles. The summed E-state index contributed by atoms with van der Waals surface area (Å²) in [6, 6.07) is 8.38. The molecule has 28 heavy (non-hydrogen) atoms. The summed E-state index contributed by atoms with van der Waals surface area (Å²) in [6.07, 6.45) is 1.84. The molecule has 154 valence electrons. The van der Waals surface area contributed by atoms with Crippen molar-refractivity contribution in [2.24, 2.45) is 16.5 Å². The summed E-state index contributed by atoms with van der Waals surface area (Å²) >= 11 is 0. The van der Waals surface area contributed by atoms with E-state index in [1.165, 1.54) is 11.1 Å². The van der Waals surface area contributed by atoms with Gasteiger partial charge >= 0.3 is 0 Å². The van der Waals surface area contributed by atoms with Crippen LogP contribution in [0, 0.1) is 6.92 Å². The molecule has 0 spiro atoms. The summed E-state index contributed by atoms with van der Waals surface area (Å²) in [5, 5.41) is 3.20. The Kier molecular flexibility index (Phi) is 9.71. The molecule has 0 fully saturated rings. The van der Waals surface area contributed by atoms with Crippen LogP contribution in [0.1, 0.15) is 37.8 Å². The van der Waals surface area contributed by atoms with E-state index in [9.17, 15) is 0 Å². The van der Waals surface area contributed by atoms with Crippen molar-refractivity contribution in [2.45, 2.75) is 40.2 Å². The second-order valence-electron chi connectivity index (χ2n) is 6.97. The van der Waals surface area contributed by atoms with Gasteiger partial charge in [0.2, 0.25) is 0 Å². The SMILES string of the molecule is C=C(NCc1ccc(C)cc1)OCCCCN(C)/C(N=C(C)N)=C(\C)C(=C)N. The number of nitrogens with two attached hydrogens (primary N) is 2. The number of nitrogens with one attached hydrogen (secondary N) is 1. The van der Waals surface area contributed by atoms with Crippen LogP contribution < -0.4 is 16.8 Å². The molecule has 0 aliphatic heterocycles. The highest BCUT2D eigenvalue weighted by Crippen LogP contribution is 2.15. The number of aryl methyl sites for hydroxylation is 1. The van der Waals surface area contributed by atoms with Gasteiger partial charge in [0.05, 0.1) is 12.4 Å². The predicted octanol–water partition coefficient (Wildman–Crippen LogP) is 3.37. The van der Waals surface area contributed by atoms with E-state index < -0.39 is 0 Å². The molecule has 0 unspecified atom stereocenters. The van der Waals surface area contributed by atoms with Gasteiger partial charge < -0.3 is 26.4 Å². The Morgan fingerprint density at radius 1 is 1.14 bits per heavy atom. The van der Waals surface area contributed by atoms with Crippen LogP contribution in [0.15, 0.2) is 65.4 Å². The van der Waals surface area contributed by atoms with Gasteiger partial charge in [0, 0.05) is 31.4 Å². The largest absolute Gasteiger partial charge is 0.480 e. The average Bonchev–Trinajstić information content (AvgIpc) is 2.64. The summed E-state index contributed by atoms with van der Waals surface area (Å²) in [5.74, 6) is 1.83. The lowest BCUT2D eigenvalue weighted by atomic mass is 10.1. The summed E-state index contributed by atoms with van der Waals surface area (Å²) in [5.41, 5.74) is 15.3. The smallest absolute Gasteiger partial charge is 0.179 e. The topological polar surface area (TPSA) is 88.9 Å². The fourth-order valence-electron chi connectivity index (χ4n) is 2.48. The lowest BCUT2D eigenvalue weighted by Crippen LogP contribution is -2.23. The molecule has 1 rings (SSSR count). The predicted molar refractivity (Wildman–Crippen MR) is 118 cm³/mol. The van der Waals surface area contributed by atoms with Crippen LogP contribution in [0.5, 0.6) is 0 Å². The van der Waals surface area contributed by atoms with Crippen molar-refractivity contribution in [1.82, 2.24) is 10.2 Å². The zero-order valence-corrected chi connectivity index (χ0v) is 17.7. The van der Waals surface area contributed by atoms with Crippen molar-refractivity contribution in [3.8, 4) is 0 Å². The van der Waals surface area contributed by atoms with Gasteiger partial charge in [-0.05, 0) is 45.8 Å². The molecule has 6 heteroatoms. The lowest BCUT2D eigenvalue weighted by Gasteiger charge is -2.22. The third-order valence-electron chi connectivity index (χ3n) is 4.24. The second-order valence-corrected chi connectivity index (χ2v) is 6.97. The summed E-state index contributed by atoms with van der Waals surface area (Å²) < 4.78 is 5.66. The monoisotopic (exact) mass is 385 g/mol. The molecule has 0 aliphatic rings. The molecule has 0 bridgehead atoms. The standard InChI is InChI=1S/C22H35N5O/c1-16-9-11-21(12-10-16)15-25-20(5)28-14-8-7-13-27(6)22(26-19(4)24)17(2)18(3)23/h9-12,25H,3,5,7-8,13-15,23H2,1-2,4,6H3,(H2,24,26)/b22-17+. The van der Waals surface area contributed by atoms with Gasteiger partial charge in [0.1, 0.15) is 5.82 Å². The maximum absolute atomic E-state index is 5.81. The zero-order valence-electron chi connectivity index (χ0n) is 17.7. The van der Waals surface area contributed by atoms with E-state index in [0.717, 1.165) is 30.8 Å². The molecule has 0 atom stereocenters. The van der Waals surface area contributed by atoms with E-state index in [2.05, 4.69) is 54.7 Å². The number of rotatable bonds is 12. The third-order valence-corrected chi connectivity index (χ3v) is 4.24. The molecule has 0 radical (unpaired) electrons. The number of benzene rings is 1. The highest BCUT2D eigenvalue weighted by atomic mass is 16.5. The van der Waals surface area contributed by atoms with Crippen molar-refractivity contribution in [2.75, 3.05) is 20.2 Å². The Morgan fingerprint density at radius 2 is 1.79 bits per heavy atom. The number of unbranched alkanes of at least 4 members (excludes halogenated alkanes) is 1. The minimum absolute atomic E-state index is 0.488. The molecule has 0 saturated heterocycles. The van der Waals surface area contributed by atoms with Crippen LogP contribution in [0.4, 0.5) is 0 Å². The van der Waals surface area contributed by atoms with E-state index in [1.54, 1.807) is 6.92 Å². The average molecular weight is 386 g/mol. The van der Waals surface area contributed by atoms with E-state index in [1.807, 2.05) is 18.9 Å². The van der Waals surface area contributed by atoms with Gasteiger partial charge in [-0.15, -0.1) is 0 Å². The van der Waals surface area contributed by atoms with Crippen molar-refractivity contribution in [3.63, 3.8) is 0 Å². The lowest BCUT2D eigenvalue weighted by molar-refractivity contribution is 0.183. The fourth-order valence-corrected chi connectivity index (χ4v) is 2.48. The van der Waals surface area contributed by atoms with Gasteiger partial charge in [0.25, 0.3) is 0 Å². The number of nitrogens with zero attached hydrogens (tertiary/aromatic N) is 2. The van der Waals surface area contributed by atoms with E-state index in [0.29, 0.717) is 30.6 Å². The van der Waals surface area contributed by atoms with Crippen LogP contribution >= 0.6 is 0 Å². The number of amidine groups is 1. The highest BCUT2D eigenvalue weighted by molar-refractivity contribution is 5.78. The molecular formula is C22H35N5O. The minimum Gasteiger partial charge on any atom is -0.480 e. The maximum atomic E-state index is 5.81. The van der Waals surface area contributed by atoms with Gasteiger partial charge in [-0.25, -0.2) is 4.99 Å². The van der Waals surface area contributed by atoms with Gasteiger partial charge in [0.15, 0.2) is 5.88 Å². The Bertz CT molecular complexity index is 715. The molecule has 0 amide bonds. The number of hydrogen-bond donors (Lipinski definition) is 3. The Hall–Kier alpha value is -2.89. The number of allylic oxidation sites excluding steroid dienone is 1. The quantitative estimate of drug-likeness (QED) is 0.169. The normalized spacial score (nSPS) is 12.2. The molecular weight excluding hydrogens is 350 g/mol. The van der Waals surface area contributed by atoms with Gasteiger partial charge in [-0.1, -0.05) is 36.4 Å². The summed E-state index contributed by atoms with van der Waals surface area (Å²) in [6.45, 7) is 15.5. The number of hydrogen-bond acceptors (Lipinski definition) is 5. The van der Waals surface area contributed by atoms with Gasteiger partial charge in [-0.3, -0.25) is 0 Å². The molecule has 1 aromatic rings. The third kappa shape index (κ3) is 8.66. The highest BCUT2D eigenvalue weighted by Gasteiger charge is 2.09. The first-order chi connectivity index (χ1) is 13.2. The van der Waals surface area contributed by atoms with Crippen LogP contribution in [-0.4, -0.2) is 30.9 Å².